The van der Waals surface area contributed by atoms with Crippen LogP contribution >= 0.6 is 0 Å². The molecule has 2 rings (SSSR count). The number of fused-ring (bicyclic) bond motifs is 1. The van der Waals surface area contributed by atoms with Crippen LogP contribution in [-0.4, -0.2) is 38.1 Å². The van der Waals surface area contributed by atoms with Crippen molar-refractivity contribution in [1.82, 2.24) is 0 Å². The molecule has 2 aromatic rings. The molecule has 0 aliphatic rings. The average molecular weight is 484 g/mol. The summed E-state index contributed by atoms with van der Waals surface area (Å²) in [7, 11) is -13.7. The summed E-state index contributed by atoms with van der Waals surface area (Å²) in [6.45, 7) is 3.49. The number of halogens is 6. The van der Waals surface area contributed by atoms with E-state index in [1.54, 1.807) is 26.0 Å². The van der Waals surface area contributed by atoms with Gasteiger partial charge in [0.1, 0.15) is 5.75 Å². The molecule has 0 bridgehead atoms. The number of hydrogen-bond acceptors (Lipinski definition) is 7. The third-order valence-corrected chi connectivity index (χ3v) is 5.84. The molecule has 0 fully saturated rings. The minimum Gasteiger partial charge on any atom is -0.508 e. The fraction of sp³-hybridized carbons (Fsp3) is 0.333. The van der Waals surface area contributed by atoms with E-state index >= 15 is 0 Å². The summed E-state index contributed by atoms with van der Waals surface area (Å²) >= 11 is 0. The van der Waals surface area contributed by atoms with Crippen molar-refractivity contribution in [2.24, 2.45) is 0 Å². The number of aromatic hydroxyl groups is 1. The highest BCUT2D eigenvalue weighted by Gasteiger charge is 2.57. The summed E-state index contributed by atoms with van der Waals surface area (Å²) in [5, 5.41) is 21.2. The third-order valence-electron chi connectivity index (χ3n) is 3.28. The lowest BCUT2D eigenvalue weighted by Crippen LogP contribution is -2.34. The van der Waals surface area contributed by atoms with E-state index in [0.717, 1.165) is 16.3 Å². The van der Waals surface area contributed by atoms with Gasteiger partial charge in [0.05, 0.1) is 5.60 Å². The Morgan fingerprint density at radius 2 is 1.20 bits per heavy atom. The van der Waals surface area contributed by atoms with E-state index in [9.17, 15) is 53.4 Å². The molecule has 15 heteroatoms. The van der Waals surface area contributed by atoms with Crippen LogP contribution in [-0.2, 0) is 29.5 Å². The predicted molar refractivity (Wildman–Crippen MR) is 91.9 cm³/mol. The Morgan fingerprint density at radius 1 is 0.767 bits per heavy atom. The highest BCUT2D eigenvalue weighted by atomic mass is 32.3. The van der Waals surface area contributed by atoms with Crippen LogP contribution in [0.15, 0.2) is 36.4 Å². The van der Waals surface area contributed by atoms with E-state index in [1.165, 1.54) is 0 Å². The van der Waals surface area contributed by atoms with Crippen LogP contribution in [0.3, 0.4) is 0 Å². The minimum absolute atomic E-state index is 0.246. The lowest BCUT2D eigenvalue weighted by molar-refractivity contribution is -0.0585. The van der Waals surface area contributed by atoms with Crippen LogP contribution in [0.25, 0.3) is 10.8 Å². The second-order valence-corrected chi connectivity index (χ2v) is 9.46. The average Bonchev–Trinajstić information content (AvgIpc) is 2.50. The largest absolute Gasteiger partial charge is 0.524 e. The van der Waals surface area contributed by atoms with E-state index in [-0.39, 0.29) is 5.75 Å². The van der Waals surface area contributed by atoms with E-state index in [0.29, 0.717) is 0 Å². The lowest BCUT2D eigenvalue weighted by atomic mass is 9.95. The Bertz CT molecular complexity index is 1070. The molecule has 2 aromatic carbocycles. The summed E-state index contributed by atoms with van der Waals surface area (Å²) in [6, 6.07) is 11.0. The van der Waals surface area contributed by atoms with Crippen molar-refractivity contribution in [1.29, 1.82) is 0 Å². The molecule has 0 saturated heterocycles. The van der Waals surface area contributed by atoms with E-state index in [1.807, 2.05) is 27.9 Å². The van der Waals surface area contributed by atoms with Gasteiger partial charge in [-0.2, -0.15) is 43.2 Å². The molecule has 0 saturated carbocycles. The van der Waals surface area contributed by atoms with Crippen molar-refractivity contribution in [2.75, 3.05) is 0 Å². The standard InChI is InChI=1S/C13H14O2.C2F6O5S2/c1-13(2,15)11-5-3-9-4-6-12(14)8-10(9)7-11;3-1(4,5)14(9,10)13-15(11,12)2(6,7)8/h3-8,14-15H,1-2H3;. The molecule has 0 atom stereocenters. The number of phenolic OH excluding ortho intramolecular Hbond substituents is 1. The fourth-order valence-corrected chi connectivity index (χ4v) is 3.37. The van der Waals surface area contributed by atoms with Crippen molar-refractivity contribution in [2.45, 2.75) is 30.5 Å². The predicted octanol–water partition coefficient (Wildman–Crippen LogP) is 3.48. The van der Waals surface area contributed by atoms with Gasteiger partial charge in [-0.3, -0.25) is 0 Å². The number of rotatable bonds is 3. The van der Waals surface area contributed by atoms with E-state index in [2.05, 4.69) is 0 Å². The first-order chi connectivity index (χ1) is 13.2. The van der Waals surface area contributed by atoms with Gasteiger partial charge in [0.15, 0.2) is 0 Å². The van der Waals surface area contributed by atoms with Crippen molar-refractivity contribution in [3.63, 3.8) is 0 Å². The number of alkyl halides is 6. The molecule has 0 aromatic heterocycles. The van der Waals surface area contributed by atoms with Crippen LogP contribution in [0.5, 0.6) is 5.75 Å². The maximum atomic E-state index is 11.4. The summed E-state index contributed by atoms with van der Waals surface area (Å²) in [6.07, 6.45) is 0. The molecule has 170 valence electrons. The molecule has 0 aliphatic heterocycles. The van der Waals surface area contributed by atoms with Gasteiger partial charge in [-0.15, -0.1) is 3.63 Å². The van der Waals surface area contributed by atoms with Gasteiger partial charge in [0, 0.05) is 0 Å². The fourth-order valence-electron chi connectivity index (χ4n) is 1.81. The first-order valence-corrected chi connectivity index (χ1v) is 10.3. The number of hydrogen-bond donors (Lipinski definition) is 2. The molecule has 0 unspecified atom stereocenters. The van der Waals surface area contributed by atoms with Gasteiger partial charge in [-0.05, 0) is 48.4 Å². The monoisotopic (exact) mass is 484 g/mol. The normalized spacial score (nSPS) is 13.6. The highest BCUT2D eigenvalue weighted by Crippen LogP contribution is 2.32. The SMILES string of the molecule is CC(C)(O)c1ccc2ccc(O)cc2c1.O=S(=O)(OS(=O)(=O)C(F)(F)F)C(F)(F)F. The van der Waals surface area contributed by atoms with Gasteiger partial charge in [-0.25, -0.2) is 0 Å². The second-order valence-electron chi connectivity index (χ2n) is 6.17. The van der Waals surface area contributed by atoms with Crippen molar-refractivity contribution < 1.29 is 57.0 Å². The van der Waals surface area contributed by atoms with Crippen molar-refractivity contribution in [3.8, 4) is 5.75 Å². The molecule has 30 heavy (non-hydrogen) atoms. The first-order valence-electron chi connectivity index (χ1n) is 7.47. The summed E-state index contributed by atoms with van der Waals surface area (Å²) in [5.41, 5.74) is -12.5. The summed E-state index contributed by atoms with van der Waals surface area (Å²) < 4.78 is 110. The van der Waals surface area contributed by atoms with Crippen LogP contribution < -0.4 is 0 Å². The van der Waals surface area contributed by atoms with Gasteiger partial charge in [0.2, 0.25) is 0 Å². The molecule has 0 radical (unpaired) electrons. The Kier molecular flexibility index (Phi) is 7.09. The molecule has 0 spiro atoms. The smallest absolute Gasteiger partial charge is 0.508 e. The molecular formula is C15H14F6O7S2. The first kappa shape index (κ1) is 25.9. The number of aliphatic hydroxyl groups is 1. The summed E-state index contributed by atoms with van der Waals surface area (Å²) in [5.74, 6) is 0.246. The quantitative estimate of drug-likeness (QED) is 0.506. The zero-order valence-corrected chi connectivity index (χ0v) is 16.6. The lowest BCUT2D eigenvalue weighted by Gasteiger charge is -2.18. The molecule has 0 amide bonds. The Labute approximate surface area is 166 Å². The van der Waals surface area contributed by atoms with Crippen molar-refractivity contribution >= 4 is 31.0 Å². The van der Waals surface area contributed by atoms with Gasteiger partial charge in [0.25, 0.3) is 0 Å². The third kappa shape index (κ3) is 6.45. The van der Waals surface area contributed by atoms with Crippen LogP contribution in [0.2, 0.25) is 0 Å². The van der Waals surface area contributed by atoms with Crippen LogP contribution in [0.4, 0.5) is 26.3 Å². The minimum atomic E-state index is -6.85. The number of benzene rings is 2. The van der Waals surface area contributed by atoms with Gasteiger partial charge >= 0.3 is 31.3 Å². The molecular weight excluding hydrogens is 470 g/mol. The van der Waals surface area contributed by atoms with Crippen molar-refractivity contribution in [3.05, 3.63) is 42.0 Å². The second kappa shape index (κ2) is 8.20. The molecule has 0 aliphatic carbocycles. The molecule has 0 heterocycles. The zero-order valence-electron chi connectivity index (χ0n) is 15.0. The Balaban J connectivity index is 0.000000300. The topological polar surface area (TPSA) is 118 Å². The van der Waals surface area contributed by atoms with E-state index in [4.69, 9.17) is 0 Å². The maximum Gasteiger partial charge on any atom is 0.524 e. The van der Waals surface area contributed by atoms with Gasteiger partial charge in [-0.1, -0.05) is 18.2 Å². The molecule has 2 N–H and O–H groups in total. The van der Waals surface area contributed by atoms with E-state index < -0.39 is 36.9 Å². The van der Waals surface area contributed by atoms with Crippen LogP contribution in [0.1, 0.15) is 19.4 Å². The zero-order chi connectivity index (χ0) is 23.8. The van der Waals surface area contributed by atoms with Crippen LogP contribution in [0, 0.1) is 0 Å². The number of phenols is 1. The maximum absolute atomic E-state index is 11.4. The summed E-state index contributed by atoms with van der Waals surface area (Å²) in [4.78, 5) is 0. The Hall–Kier alpha value is -2.10. The molecule has 7 nitrogen and oxygen atoms in total. The van der Waals surface area contributed by atoms with Gasteiger partial charge < -0.3 is 10.2 Å². The Morgan fingerprint density at radius 3 is 1.60 bits per heavy atom. The highest BCUT2D eigenvalue weighted by molar-refractivity contribution is 8.00.